The smallest absolute Gasteiger partial charge is 0.124 e. The molecule has 0 unspecified atom stereocenters. The molecule has 174 valence electrons. The van der Waals surface area contributed by atoms with E-state index in [0.29, 0.717) is 28.2 Å². The summed E-state index contributed by atoms with van der Waals surface area (Å²) in [5.74, 6) is 0.517. The average Bonchev–Trinajstić information content (AvgIpc) is 2.78. The van der Waals surface area contributed by atoms with E-state index in [4.69, 9.17) is 39.5 Å². The van der Waals surface area contributed by atoms with Crippen LogP contribution in [0.5, 0.6) is 5.75 Å². The number of ether oxygens (including phenoxy) is 1. The summed E-state index contributed by atoms with van der Waals surface area (Å²) in [6, 6.07) is 18.3. The van der Waals surface area contributed by atoms with E-state index >= 15 is 0 Å². The highest BCUT2D eigenvalue weighted by Gasteiger charge is 2.33. The zero-order valence-corrected chi connectivity index (χ0v) is 20.7. The Morgan fingerprint density at radius 3 is 2.18 bits per heavy atom. The van der Waals surface area contributed by atoms with Gasteiger partial charge in [-0.25, -0.2) is 4.39 Å². The van der Waals surface area contributed by atoms with Gasteiger partial charge in [0, 0.05) is 46.8 Å². The Morgan fingerprint density at radius 1 is 0.879 bits per heavy atom. The quantitative estimate of drug-likeness (QED) is 0.327. The van der Waals surface area contributed by atoms with Crippen molar-refractivity contribution in [2.75, 3.05) is 19.7 Å². The van der Waals surface area contributed by atoms with Crippen molar-refractivity contribution in [2.24, 2.45) is 0 Å². The van der Waals surface area contributed by atoms with Gasteiger partial charge in [0.1, 0.15) is 11.6 Å². The normalized spacial score (nSPS) is 17.3. The molecule has 1 fully saturated rings. The predicted molar refractivity (Wildman–Crippen MR) is 134 cm³/mol. The van der Waals surface area contributed by atoms with Gasteiger partial charge in [-0.3, -0.25) is 9.80 Å². The molecule has 3 nitrogen and oxygen atoms in total. The number of hydrogen-bond donors (Lipinski definition) is 0. The van der Waals surface area contributed by atoms with Gasteiger partial charge in [-0.15, -0.1) is 0 Å². The van der Waals surface area contributed by atoms with Gasteiger partial charge < -0.3 is 4.74 Å². The molecule has 1 atom stereocenters. The molecule has 0 aliphatic carbocycles. The van der Waals surface area contributed by atoms with Gasteiger partial charge in [0.15, 0.2) is 0 Å². The Balaban J connectivity index is 1.67. The highest BCUT2D eigenvalue weighted by Crippen LogP contribution is 2.40. The fourth-order valence-electron chi connectivity index (χ4n) is 4.37. The van der Waals surface area contributed by atoms with Crippen molar-refractivity contribution in [1.29, 1.82) is 0 Å². The Hall–Kier alpha value is -1.82. The zero-order chi connectivity index (χ0) is 23.4. The summed E-state index contributed by atoms with van der Waals surface area (Å²) < 4.78 is 19.2. The van der Waals surface area contributed by atoms with Gasteiger partial charge in [-0.2, -0.15) is 0 Å². The molecule has 4 rings (SSSR count). The monoisotopic (exact) mass is 506 g/mol. The van der Waals surface area contributed by atoms with Crippen LogP contribution < -0.4 is 4.74 Å². The maximum absolute atomic E-state index is 13.6. The lowest BCUT2D eigenvalue weighted by molar-refractivity contribution is -0.00897. The molecule has 3 aromatic carbocycles. The summed E-state index contributed by atoms with van der Waals surface area (Å²) in [7, 11) is 0. The maximum Gasteiger partial charge on any atom is 0.124 e. The Labute approximate surface area is 209 Å². The van der Waals surface area contributed by atoms with E-state index in [9.17, 15) is 4.39 Å². The molecule has 0 aromatic heterocycles. The molecule has 33 heavy (non-hydrogen) atoms. The molecule has 1 saturated heterocycles. The maximum atomic E-state index is 13.6. The van der Waals surface area contributed by atoms with Crippen LogP contribution in [0.25, 0.3) is 0 Å². The van der Waals surface area contributed by atoms with Crippen molar-refractivity contribution in [3.63, 3.8) is 0 Å². The van der Waals surface area contributed by atoms with Crippen LogP contribution in [0.4, 0.5) is 4.39 Å². The van der Waals surface area contributed by atoms with Gasteiger partial charge in [-0.1, -0.05) is 59.1 Å². The molecule has 1 aliphatic rings. The molecule has 1 aliphatic heterocycles. The van der Waals surface area contributed by atoms with Crippen LogP contribution in [0.1, 0.15) is 36.2 Å². The Bertz CT molecular complexity index is 1070. The first kappa shape index (κ1) is 24.3. The van der Waals surface area contributed by atoms with Gasteiger partial charge >= 0.3 is 0 Å². The van der Waals surface area contributed by atoms with Crippen LogP contribution in [0, 0.1) is 5.82 Å². The number of rotatable bonds is 7. The lowest BCUT2D eigenvalue weighted by Gasteiger charge is -2.45. The predicted octanol–water partition coefficient (Wildman–Crippen LogP) is 7.59. The summed E-state index contributed by atoms with van der Waals surface area (Å²) in [5.41, 5.74) is 2.92. The van der Waals surface area contributed by atoms with Crippen LogP contribution >= 0.6 is 34.8 Å². The summed E-state index contributed by atoms with van der Waals surface area (Å²) in [6.45, 7) is 5.64. The number of hydrogen-bond acceptors (Lipinski definition) is 3. The van der Waals surface area contributed by atoms with Crippen molar-refractivity contribution >= 4 is 34.8 Å². The lowest BCUT2D eigenvalue weighted by Crippen LogP contribution is -2.47. The SMILES string of the molecule is CCOc1ccc(CN2CCCN(Cc3ccc(F)cc3Cl)[C@H]2c2c(Cl)cccc2Cl)cc1. The van der Waals surface area contributed by atoms with E-state index in [1.807, 2.05) is 37.3 Å². The molecule has 0 radical (unpaired) electrons. The molecule has 0 N–H and O–H groups in total. The highest BCUT2D eigenvalue weighted by molar-refractivity contribution is 6.36. The van der Waals surface area contributed by atoms with Crippen molar-refractivity contribution < 1.29 is 9.13 Å². The highest BCUT2D eigenvalue weighted by atomic mass is 35.5. The minimum atomic E-state index is -0.342. The number of halogens is 4. The third kappa shape index (κ3) is 5.82. The van der Waals surface area contributed by atoms with Crippen molar-refractivity contribution in [1.82, 2.24) is 9.80 Å². The zero-order valence-electron chi connectivity index (χ0n) is 18.4. The molecule has 0 amide bonds. The third-order valence-electron chi connectivity index (χ3n) is 5.85. The second-order valence-corrected chi connectivity index (χ2v) is 9.34. The minimum absolute atomic E-state index is 0.146. The van der Waals surface area contributed by atoms with E-state index in [1.54, 1.807) is 6.07 Å². The van der Waals surface area contributed by atoms with Crippen molar-refractivity contribution in [3.8, 4) is 5.75 Å². The van der Waals surface area contributed by atoms with E-state index < -0.39 is 0 Å². The molecular formula is C26H26Cl3FN2O. The van der Waals surface area contributed by atoms with Crippen LogP contribution in [-0.2, 0) is 13.1 Å². The fraction of sp³-hybridized carbons (Fsp3) is 0.308. The Kier molecular flexibility index (Phi) is 8.15. The van der Waals surface area contributed by atoms with E-state index in [0.717, 1.165) is 42.9 Å². The summed E-state index contributed by atoms with van der Waals surface area (Å²) in [4.78, 5) is 4.69. The third-order valence-corrected chi connectivity index (χ3v) is 6.86. The topological polar surface area (TPSA) is 15.7 Å². The summed E-state index contributed by atoms with van der Waals surface area (Å²) >= 11 is 19.7. The van der Waals surface area contributed by atoms with Crippen LogP contribution in [0.3, 0.4) is 0 Å². The lowest BCUT2D eigenvalue weighted by atomic mass is 10.0. The molecule has 1 heterocycles. The first-order valence-corrected chi connectivity index (χ1v) is 12.2. The average molecular weight is 508 g/mol. The standard InChI is InChI=1S/C26H26Cl3FN2O/c1-2-33-21-11-7-18(8-12-21)16-31-13-4-14-32(17-19-9-10-20(30)15-24(19)29)26(31)25-22(27)5-3-6-23(25)28/h3,5-12,15,26H,2,4,13-14,16-17H2,1H3/t26-/m0/s1. The summed E-state index contributed by atoms with van der Waals surface area (Å²) in [6.07, 6.45) is 0.835. The molecule has 0 saturated carbocycles. The van der Waals surface area contributed by atoms with Gasteiger partial charge in [0.25, 0.3) is 0 Å². The fourth-order valence-corrected chi connectivity index (χ4v) is 5.19. The minimum Gasteiger partial charge on any atom is -0.494 e. The number of nitrogens with zero attached hydrogens (tertiary/aromatic N) is 2. The molecule has 0 bridgehead atoms. The van der Waals surface area contributed by atoms with Gasteiger partial charge in [0.05, 0.1) is 12.8 Å². The van der Waals surface area contributed by atoms with E-state index in [1.165, 1.54) is 17.7 Å². The molecular weight excluding hydrogens is 482 g/mol. The van der Waals surface area contributed by atoms with Gasteiger partial charge in [0.2, 0.25) is 0 Å². The molecule has 0 spiro atoms. The van der Waals surface area contributed by atoms with Crippen LogP contribution in [0.15, 0.2) is 60.7 Å². The Morgan fingerprint density at radius 2 is 1.55 bits per heavy atom. The van der Waals surface area contributed by atoms with E-state index in [2.05, 4.69) is 21.9 Å². The summed E-state index contributed by atoms with van der Waals surface area (Å²) in [5, 5.41) is 1.67. The van der Waals surface area contributed by atoms with Crippen molar-refractivity contribution in [2.45, 2.75) is 32.6 Å². The molecule has 7 heteroatoms. The van der Waals surface area contributed by atoms with Crippen LogP contribution in [-0.4, -0.2) is 29.5 Å². The first-order chi connectivity index (χ1) is 16.0. The number of benzene rings is 3. The van der Waals surface area contributed by atoms with E-state index in [-0.39, 0.29) is 12.0 Å². The van der Waals surface area contributed by atoms with Crippen molar-refractivity contribution in [3.05, 3.63) is 98.2 Å². The second kappa shape index (κ2) is 11.1. The largest absolute Gasteiger partial charge is 0.494 e. The van der Waals surface area contributed by atoms with Gasteiger partial charge in [-0.05, 0) is 60.9 Å². The molecule has 3 aromatic rings. The second-order valence-electron chi connectivity index (χ2n) is 8.12. The van der Waals surface area contributed by atoms with Crippen LogP contribution in [0.2, 0.25) is 15.1 Å². The first-order valence-electron chi connectivity index (χ1n) is 11.0.